The summed E-state index contributed by atoms with van der Waals surface area (Å²) in [6.45, 7) is 0. The molecular weight excluding hydrogens is 300 g/mol. The Morgan fingerprint density at radius 2 is 1.61 bits per heavy atom. The van der Waals surface area contributed by atoms with Crippen LogP contribution in [-0.4, -0.2) is 49.6 Å². The molecule has 6 nitrogen and oxygen atoms in total. The summed E-state index contributed by atoms with van der Waals surface area (Å²) in [5.74, 6) is 0.667. The molecule has 0 bridgehead atoms. The fraction of sp³-hybridized carbons (Fsp3) is 0.647. The van der Waals surface area contributed by atoms with Crippen LogP contribution in [0.1, 0.15) is 25.7 Å². The van der Waals surface area contributed by atoms with Crippen molar-refractivity contribution in [1.29, 1.82) is 0 Å². The van der Waals surface area contributed by atoms with E-state index in [0.717, 1.165) is 36.6 Å². The summed E-state index contributed by atoms with van der Waals surface area (Å²) in [6, 6.07) is 0. The molecule has 126 valence electrons. The molecule has 2 aliphatic carbocycles. The molecule has 0 radical (unpaired) electrons. The monoisotopic (exact) mass is 322 g/mol. The van der Waals surface area contributed by atoms with Crippen LogP contribution >= 0.6 is 0 Å². The van der Waals surface area contributed by atoms with Crippen LogP contribution in [0.5, 0.6) is 0 Å². The lowest BCUT2D eigenvalue weighted by Gasteiger charge is -2.09. The number of aliphatic hydroxyl groups excluding tert-OH is 1. The van der Waals surface area contributed by atoms with E-state index in [4.69, 9.17) is 19.3 Å². The van der Waals surface area contributed by atoms with Crippen molar-refractivity contribution in [2.75, 3.05) is 7.11 Å². The third-order valence-corrected chi connectivity index (χ3v) is 4.85. The van der Waals surface area contributed by atoms with Gasteiger partial charge in [0, 0.05) is 44.6 Å². The molecule has 2 saturated heterocycles. The van der Waals surface area contributed by atoms with Crippen LogP contribution in [0, 0.1) is 11.8 Å². The van der Waals surface area contributed by atoms with Crippen LogP contribution < -0.4 is 0 Å². The normalized spacial score (nSPS) is 40.6. The molecule has 2 aliphatic heterocycles. The highest BCUT2D eigenvalue weighted by Crippen LogP contribution is 2.37. The van der Waals surface area contributed by atoms with Crippen LogP contribution in [0.15, 0.2) is 23.3 Å². The van der Waals surface area contributed by atoms with Crippen LogP contribution in [-0.2, 0) is 23.8 Å². The fourth-order valence-electron chi connectivity index (χ4n) is 3.70. The number of methoxy groups -OCH3 is 1. The molecule has 2 heterocycles. The number of aldehydes is 2. The Morgan fingerprint density at radius 3 is 2.09 bits per heavy atom. The molecular formula is C17H22O6. The van der Waals surface area contributed by atoms with E-state index in [1.807, 2.05) is 12.2 Å². The van der Waals surface area contributed by atoms with Crippen LogP contribution in [0.25, 0.3) is 0 Å². The van der Waals surface area contributed by atoms with Gasteiger partial charge in [-0.2, -0.15) is 0 Å². The second-order valence-electron chi connectivity index (χ2n) is 6.40. The maximum absolute atomic E-state index is 10.4. The molecule has 1 N–H and O–H groups in total. The Bertz CT molecular complexity index is 525. The van der Waals surface area contributed by atoms with Crippen molar-refractivity contribution in [1.82, 2.24) is 0 Å². The average Bonchev–Trinajstić information content (AvgIpc) is 3.24. The number of ether oxygens (including phenoxy) is 3. The molecule has 2 unspecified atom stereocenters. The Labute approximate surface area is 135 Å². The van der Waals surface area contributed by atoms with Crippen LogP contribution in [0.4, 0.5) is 0 Å². The number of rotatable bonds is 3. The Morgan fingerprint density at radius 1 is 1.04 bits per heavy atom. The molecule has 0 saturated carbocycles. The van der Waals surface area contributed by atoms with E-state index in [2.05, 4.69) is 0 Å². The van der Waals surface area contributed by atoms with Crippen molar-refractivity contribution in [2.24, 2.45) is 11.8 Å². The molecule has 23 heavy (non-hydrogen) atoms. The topological polar surface area (TPSA) is 82.1 Å². The Hall–Kier alpha value is -1.34. The predicted octanol–water partition coefficient (Wildman–Crippen LogP) is 1.13. The van der Waals surface area contributed by atoms with E-state index in [9.17, 15) is 9.59 Å². The summed E-state index contributed by atoms with van der Waals surface area (Å²) in [6.07, 6.45) is 8.24. The zero-order valence-corrected chi connectivity index (χ0v) is 13.1. The third kappa shape index (κ3) is 3.61. The average molecular weight is 322 g/mol. The van der Waals surface area contributed by atoms with Gasteiger partial charge in [0.25, 0.3) is 0 Å². The summed E-state index contributed by atoms with van der Waals surface area (Å²) in [4.78, 5) is 20.8. The van der Waals surface area contributed by atoms with Gasteiger partial charge in [0.05, 0.1) is 12.2 Å². The first-order chi connectivity index (χ1) is 11.1. The first kappa shape index (κ1) is 16.5. The van der Waals surface area contributed by atoms with Gasteiger partial charge in [0.2, 0.25) is 0 Å². The summed E-state index contributed by atoms with van der Waals surface area (Å²) < 4.78 is 15.8. The highest BCUT2D eigenvalue weighted by molar-refractivity contribution is 5.74. The minimum absolute atomic E-state index is 0.0604. The number of carbonyl (C=O) groups excluding carboxylic acids is 2. The van der Waals surface area contributed by atoms with Gasteiger partial charge in [0.1, 0.15) is 12.6 Å². The molecule has 0 aromatic heterocycles. The molecule has 0 amide bonds. The van der Waals surface area contributed by atoms with E-state index in [1.54, 1.807) is 7.11 Å². The maximum atomic E-state index is 10.4. The minimum atomic E-state index is -0.616. The molecule has 0 spiro atoms. The van der Waals surface area contributed by atoms with E-state index in [0.29, 0.717) is 18.8 Å². The van der Waals surface area contributed by atoms with E-state index >= 15 is 0 Å². The number of fused-ring (bicyclic) bond motifs is 2. The maximum Gasteiger partial charge on any atom is 0.158 e. The summed E-state index contributed by atoms with van der Waals surface area (Å²) in [5.41, 5.74) is 1.69. The van der Waals surface area contributed by atoms with Crippen molar-refractivity contribution in [3.8, 4) is 0 Å². The van der Waals surface area contributed by atoms with Crippen LogP contribution in [0.3, 0.4) is 0 Å². The van der Waals surface area contributed by atoms with Gasteiger partial charge >= 0.3 is 0 Å². The predicted molar refractivity (Wildman–Crippen MR) is 80.3 cm³/mol. The van der Waals surface area contributed by atoms with E-state index in [-0.39, 0.29) is 24.4 Å². The number of hydrogen-bond acceptors (Lipinski definition) is 6. The SMILES string of the molecule is COC1C[C@@H]2C=C(C=O)C[C@@H]2O1.O=CC1=C[C@H]2CC(O)O[C@H]2C1. The first-order valence-electron chi connectivity index (χ1n) is 7.96. The van der Waals surface area contributed by atoms with Gasteiger partial charge in [-0.1, -0.05) is 12.2 Å². The zero-order valence-electron chi connectivity index (χ0n) is 13.1. The molecule has 4 aliphatic rings. The van der Waals surface area contributed by atoms with Crippen molar-refractivity contribution in [3.05, 3.63) is 23.3 Å². The standard InChI is InChI=1S/C9H12O3.C8H10O3/c1-11-9-4-7-2-6(5-10)3-8(7)12-9;9-4-5-1-6-3-8(10)11-7(6)2-5/h2,5,7-9H,3-4H2,1H3;1,4,6-8,10H,2-3H2/t7-,8-,9?;6-,7-,8?/m00/s1. The molecule has 0 aromatic carbocycles. The summed E-state index contributed by atoms with van der Waals surface area (Å²) >= 11 is 0. The summed E-state index contributed by atoms with van der Waals surface area (Å²) in [5, 5.41) is 9.05. The zero-order chi connectivity index (χ0) is 16.4. The molecule has 6 heteroatoms. The lowest BCUT2D eigenvalue weighted by Crippen LogP contribution is -2.12. The van der Waals surface area contributed by atoms with Crippen molar-refractivity contribution >= 4 is 12.6 Å². The second kappa shape index (κ2) is 7.05. The smallest absolute Gasteiger partial charge is 0.158 e. The van der Waals surface area contributed by atoms with Gasteiger partial charge in [-0.15, -0.1) is 0 Å². The van der Waals surface area contributed by atoms with Crippen LogP contribution in [0.2, 0.25) is 0 Å². The lowest BCUT2D eigenvalue weighted by molar-refractivity contribution is -0.115. The first-order valence-corrected chi connectivity index (χ1v) is 7.96. The van der Waals surface area contributed by atoms with Crippen molar-refractivity contribution < 1.29 is 28.9 Å². The number of carbonyl (C=O) groups is 2. The fourth-order valence-corrected chi connectivity index (χ4v) is 3.70. The lowest BCUT2D eigenvalue weighted by atomic mass is 10.1. The van der Waals surface area contributed by atoms with Crippen molar-refractivity contribution in [2.45, 2.75) is 50.5 Å². The molecule has 4 rings (SSSR count). The largest absolute Gasteiger partial charge is 0.368 e. The highest BCUT2D eigenvalue weighted by atomic mass is 16.7. The van der Waals surface area contributed by atoms with Crippen molar-refractivity contribution in [3.63, 3.8) is 0 Å². The summed E-state index contributed by atoms with van der Waals surface area (Å²) in [7, 11) is 1.65. The van der Waals surface area contributed by atoms with Gasteiger partial charge in [-0.3, -0.25) is 9.59 Å². The van der Waals surface area contributed by atoms with E-state index in [1.165, 1.54) is 0 Å². The van der Waals surface area contributed by atoms with E-state index < -0.39 is 6.29 Å². The van der Waals surface area contributed by atoms with Gasteiger partial charge in [-0.25, -0.2) is 0 Å². The van der Waals surface area contributed by atoms with Gasteiger partial charge < -0.3 is 19.3 Å². The Kier molecular flexibility index (Phi) is 5.06. The molecule has 6 atom stereocenters. The van der Waals surface area contributed by atoms with Gasteiger partial charge in [0.15, 0.2) is 12.6 Å². The molecule has 0 aromatic rings. The highest BCUT2D eigenvalue weighted by Gasteiger charge is 2.38. The quantitative estimate of drug-likeness (QED) is 0.785. The second-order valence-corrected chi connectivity index (χ2v) is 6.40. The number of hydrogen-bond donors (Lipinski definition) is 1. The van der Waals surface area contributed by atoms with Gasteiger partial charge in [-0.05, 0) is 11.1 Å². The number of aliphatic hydroxyl groups is 1. The minimum Gasteiger partial charge on any atom is -0.368 e. The third-order valence-electron chi connectivity index (χ3n) is 4.85. The Balaban J connectivity index is 0.000000136. The molecule has 2 fully saturated rings.